The first-order valence-electron chi connectivity index (χ1n) is 6.05. The maximum absolute atomic E-state index is 10.2. The predicted molar refractivity (Wildman–Crippen MR) is 71.9 cm³/mol. The van der Waals surface area contributed by atoms with Crippen molar-refractivity contribution < 1.29 is 4.79 Å². The molecule has 0 radical (unpaired) electrons. The van der Waals surface area contributed by atoms with E-state index in [1.807, 2.05) is 6.08 Å². The van der Waals surface area contributed by atoms with Crippen LogP contribution in [0.3, 0.4) is 0 Å². The molecule has 88 valence electrons. The van der Waals surface area contributed by atoms with E-state index in [0.717, 1.165) is 6.29 Å². The SMILES string of the molecule is CCCCCCc1ccsc1C=CCC=O. The standard InChI is InChI=1S/C14H20OS/c1-2-3-4-5-8-13-10-12-16-14(13)9-6-7-11-15/h6,9-12H,2-5,7-8H2,1H3. The van der Waals surface area contributed by atoms with Gasteiger partial charge in [0.1, 0.15) is 6.29 Å². The average molecular weight is 236 g/mol. The second-order valence-corrected chi connectivity index (χ2v) is 4.87. The van der Waals surface area contributed by atoms with Crippen LogP contribution in [-0.4, -0.2) is 6.29 Å². The molecule has 16 heavy (non-hydrogen) atoms. The summed E-state index contributed by atoms with van der Waals surface area (Å²) in [6, 6.07) is 2.21. The zero-order valence-electron chi connectivity index (χ0n) is 9.95. The molecule has 2 heteroatoms. The van der Waals surface area contributed by atoms with Crippen molar-refractivity contribution in [3.8, 4) is 0 Å². The first-order valence-corrected chi connectivity index (χ1v) is 6.93. The lowest BCUT2D eigenvalue weighted by molar-refractivity contribution is -0.107. The molecular weight excluding hydrogens is 216 g/mol. The Morgan fingerprint density at radius 1 is 1.31 bits per heavy atom. The normalized spacial score (nSPS) is 11.1. The van der Waals surface area contributed by atoms with Gasteiger partial charge in [0, 0.05) is 11.3 Å². The van der Waals surface area contributed by atoms with Crippen molar-refractivity contribution in [2.24, 2.45) is 0 Å². The van der Waals surface area contributed by atoms with Gasteiger partial charge < -0.3 is 4.79 Å². The molecule has 0 spiro atoms. The molecule has 0 unspecified atom stereocenters. The number of aldehydes is 1. The Morgan fingerprint density at radius 3 is 2.94 bits per heavy atom. The maximum atomic E-state index is 10.2. The van der Waals surface area contributed by atoms with Gasteiger partial charge in [0.25, 0.3) is 0 Å². The van der Waals surface area contributed by atoms with E-state index in [9.17, 15) is 4.79 Å². The fourth-order valence-corrected chi connectivity index (χ4v) is 2.55. The molecule has 0 saturated heterocycles. The summed E-state index contributed by atoms with van der Waals surface area (Å²) in [5.74, 6) is 0. The van der Waals surface area contributed by atoms with Gasteiger partial charge in [-0.1, -0.05) is 32.3 Å². The van der Waals surface area contributed by atoms with Crippen molar-refractivity contribution in [3.05, 3.63) is 28.0 Å². The maximum Gasteiger partial charge on any atom is 0.123 e. The summed E-state index contributed by atoms with van der Waals surface area (Å²) in [4.78, 5) is 11.5. The van der Waals surface area contributed by atoms with Crippen LogP contribution in [0.25, 0.3) is 6.08 Å². The van der Waals surface area contributed by atoms with Gasteiger partial charge in [0.2, 0.25) is 0 Å². The van der Waals surface area contributed by atoms with Gasteiger partial charge in [-0.05, 0) is 35.9 Å². The summed E-state index contributed by atoms with van der Waals surface area (Å²) in [6.45, 7) is 2.23. The number of carbonyl (C=O) groups excluding carboxylic acids is 1. The molecule has 0 atom stereocenters. The van der Waals surface area contributed by atoms with E-state index < -0.39 is 0 Å². The Bertz CT molecular complexity index is 325. The Morgan fingerprint density at radius 2 is 2.19 bits per heavy atom. The van der Waals surface area contributed by atoms with Crippen LogP contribution < -0.4 is 0 Å². The smallest absolute Gasteiger partial charge is 0.123 e. The topological polar surface area (TPSA) is 17.1 Å². The number of thiophene rings is 1. The number of hydrogen-bond donors (Lipinski definition) is 0. The molecule has 1 rings (SSSR count). The van der Waals surface area contributed by atoms with E-state index in [4.69, 9.17) is 0 Å². The zero-order valence-corrected chi connectivity index (χ0v) is 10.8. The Labute approximate surface area is 102 Å². The molecule has 1 heterocycles. The van der Waals surface area contributed by atoms with Crippen LogP contribution in [0.1, 0.15) is 49.5 Å². The molecule has 0 bridgehead atoms. The van der Waals surface area contributed by atoms with E-state index in [2.05, 4.69) is 24.4 Å². The Kier molecular flexibility index (Phi) is 6.82. The first kappa shape index (κ1) is 13.2. The predicted octanol–water partition coefficient (Wildman–Crippen LogP) is 4.47. The van der Waals surface area contributed by atoms with Crippen LogP contribution in [0.4, 0.5) is 0 Å². The fraction of sp³-hybridized carbons (Fsp3) is 0.500. The molecule has 0 aliphatic carbocycles. The van der Waals surface area contributed by atoms with Crippen molar-refractivity contribution in [2.75, 3.05) is 0 Å². The summed E-state index contributed by atoms with van der Waals surface area (Å²) in [7, 11) is 0. The molecule has 1 aromatic rings. The van der Waals surface area contributed by atoms with E-state index in [1.165, 1.54) is 42.5 Å². The quantitative estimate of drug-likeness (QED) is 0.480. The lowest BCUT2D eigenvalue weighted by Crippen LogP contribution is -1.85. The number of rotatable bonds is 8. The van der Waals surface area contributed by atoms with Gasteiger partial charge in [0.15, 0.2) is 0 Å². The molecular formula is C14H20OS. The van der Waals surface area contributed by atoms with E-state index in [0.29, 0.717) is 6.42 Å². The second-order valence-electron chi connectivity index (χ2n) is 3.93. The van der Waals surface area contributed by atoms with Crippen LogP contribution in [0.15, 0.2) is 17.5 Å². The van der Waals surface area contributed by atoms with Gasteiger partial charge in [-0.15, -0.1) is 11.3 Å². The molecule has 0 fully saturated rings. The molecule has 0 aliphatic heterocycles. The second kappa shape index (κ2) is 8.28. The van der Waals surface area contributed by atoms with Gasteiger partial charge >= 0.3 is 0 Å². The van der Waals surface area contributed by atoms with E-state index >= 15 is 0 Å². The number of allylic oxidation sites excluding steroid dienone is 1. The highest BCUT2D eigenvalue weighted by atomic mass is 32.1. The summed E-state index contributed by atoms with van der Waals surface area (Å²) < 4.78 is 0. The Hall–Kier alpha value is -0.890. The minimum Gasteiger partial charge on any atom is -0.303 e. The number of hydrogen-bond acceptors (Lipinski definition) is 2. The average Bonchev–Trinajstić information content (AvgIpc) is 2.73. The third-order valence-corrected chi connectivity index (χ3v) is 3.51. The molecule has 0 saturated carbocycles. The van der Waals surface area contributed by atoms with Crippen LogP contribution in [-0.2, 0) is 11.2 Å². The lowest BCUT2D eigenvalue weighted by atomic mass is 10.1. The minimum absolute atomic E-state index is 0.521. The van der Waals surface area contributed by atoms with Crippen LogP contribution in [0, 0.1) is 0 Å². The molecule has 0 aromatic carbocycles. The number of aryl methyl sites for hydroxylation is 1. The number of carbonyl (C=O) groups is 1. The van der Waals surface area contributed by atoms with Crippen LogP contribution in [0.2, 0.25) is 0 Å². The van der Waals surface area contributed by atoms with Gasteiger partial charge in [-0.25, -0.2) is 0 Å². The van der Waals surface area contributed by atoms with Crippen molar-refractivity contribution in [1.29, 1.82) is 0 Å². The van der Waals surface area contributed by atoms with Gasteiger partial charge in [-0.2, -0.15) is 0 Å². The third-order valence-electron chi connectivity index (χ3n) is 2.58. The van der Waals surface area contributed by atoms with Crippen molar-refractivity contribution in [2.45, 2.75) is 45.4 Å². The zero-order chi connectivity index (χ0) is 11.6. The summed E-state index contributed by atoms with van der Waals surface area (Å²) in [6.07, 6.45) is 11.9. The van der Waals surface area contributed by atoms with Crippen molar-refractivity contribution >= 4 is 23.7 Å². The number of unbranched alkanes of at least 4 members (excludes halogenated alkanes) is 3. The molecule has 0 N–H and O–H groups in total. The lowest BCUT2D eigenvalue weighted by Gasteiger charge is -2.00. The largest absolute Gasteiger partial charge is 0.303 e. The summed E-state index contributed by atoms with van der Waals surface area (Å²) in [5.41, 5.74) is 1.43. The van der Waals surface area contributed by atoms with E-state index in [1.54, 1.807) is 11.3 Å². The molecule has 0 aliphatic rings. The van der Waals surface area contributed by atoms with Crippen LogP contribution in [0.5, 0.6) is 0 Å². The first-order chi connectivity index (χ1) is 7.88. The fourth-order valence-electron chi connectivity index (χ4n) is 1.67. The summed E-state index contributed by atoms with van der Waals surface area (Å²) in [5, 5.41) is 2.13. The van der Waals surface area contributed by atoms with Crippen molar-refractivity contribution in [1.82, 2.24) is 0 Å². The minimum atomic E-state index is 0.521. The van der Waals surface area contributed by atoms with E-state index in [-0.39, 0.29) is 0 Å². The highest BCUT2D eigenvalue weighted by Crippen LogP contribution is 2.21. The highest BCUT2D eigenvalue weighted by Gasteiger charge is 2.00. The van der Waals surface area contributed by atoms with Gasteiger partial charge in [0.05, 0.1) is 0 Å². The summed E-state index contributed by atoms with van der Waals surface area (Å²) >= 11 is 1.76. The van der Waals surface area contributed by atoms with Gasteiger partial charge in [-0.3, -0.25) is 0 Å². The molecule has 0 amide bonds. The highest BCUT2D eigenvalue weighted by molar-refractivity contribution is 7.11. The molecule has 1 aromatic heterocycles. The monoisotopic (exact) mass is 236 g/mol. The van der Waals surface area contributed by atoms with Crippen LogP contribution >= 0.6 is 11.3 Å². The van der Waals surface area contributed by atoms with Crippen molar-refractivity contribution in [3.63, 3.8) is 0 Å². The third kappa shape index (κ3) is 4.75. The molecule has 1 nitrogen and oxygen atoms in total. The Balaban J connectivity index is 2.40.